The fourth-order valence-electron chi connectivity index (χ4n) is 2.14. The molecule has 1 aromatic heterocycles. The maximum atomic E-state index is 12.2. The standard InChI is InChI=1S/C13H20BrN3O2/c1-2-4-17-9-10(14)6-12(17)13(18)16-8-11-7-15-3-5-19-11/h6,9,11,15H,2-5,7-8H2,1H3,(H,16,18). The molecule has 5 nitrogen and oxygen atoms in total. The number of nitrogens with zero attached hydrogens (tertiary/aromatic N) is 1. The molecule has 2 heterocycles. The Morgan fingerprint density at radius 1 is 1.68 bits per heavy atom. The van der Waals surface area contributed by atoms with Crippen molar-refractivity contribution < 1.29 is 9.53 Å². The first-order chi connectivity index (χ1) is 9.20. The Labute approximate surface area is 121 Å². The van der Waals surface area contributed by atoms with Crippen molar-refractivity contribution in [1.82, 2.24) is 15.2 Å². The molecule has 0 saturated carbocycles. The smallest absolute Gasteiger partial charge is 0.268 e. The first kappa shape index (κ1) is 14.6. The summed E-state index contributed by atoms with van der Waals surface area (Å²) in [6.45, 7) is 5.86. The molecule has 0 radical (unpaired) electrons. The van der Waals surface area contributed by atoms with Crippen molar-refractivity contribution in [2.45, 2.75) is 26.0 Å². The van der Waals surface area contributed by atoms with E-state index in [4.69, 9.17) is 4.74 Å². The maximum absolute atomic E-state index is 12.2. The van der Waals surface area contributed by atoms with Crippen molar-refractivity contribution in [3.63, 3.8) is 0 Å². The summed E-state index contributed by atoms with van der Waals surface area (Å²) in [4.78, 5) is 12.2. The predicted molar refractivity (Wildman–Crippen MR) is 77.4 cm³/mol. The average Bonchev–Trinajstić information content (AvgIpc) is 2.79. The zero-order valence-electron chi connectivity index (χ0n) is 11.1. The number of ether oxygens (including phenoxy) is 1. The molecule has 0 spiro atoms. The van der Waals surface area contributed by atoms with Crippen LogP contribution in [-0.4, -0.2) is 42.8 Å². The lowest BCUT2D eigenvalue weighted by molar-refractivity contribution is 0.0286. The zero-order chi connectivity index (χ0) is 13.7. The molecule has 1 aromatic rings. The second kappa shape index (κ2) is 7.07. The molecule has 1 amide bonds. The highest BCUT2D eigenvalue weighted by molar-refractivity contribution is 9.10. The van der Waals surface area contributed by atoms with Crippen LogP contribution in [0.25, 0.3) is 0 Å². The van der Waals surface area contributed by atoms with E-state index in [1.165, 1.54) is 0 Å². The quantitative estimate of drug-likeness (QED) is 0.858. The number of morpholine rings is 1. The summed E-state index contributed by atoms with van der Waals surface area (Å²) >= 11 is 3.41. The highest BCUT2D eigenvalue weighted by Crippen LogP contribution is 2.15. The van der Waals surface area contributed by atoms with Crippen LogP contribution >= 0.6 is 15.9 Å². The third kappa shape index (κ3) is 4.06. The number of carbonyl (C=O) groups excluding carboxylic acids is 1. The Hall–Kier alpha value is -0.850. The fraction of sp³-hybridized carbons (Fsp3) is 0.615. The van der Waals surface area contributed by atoms with Crippen molar-refractivity contribution in [2.24, 2.45) is 0 Å². The van der Waals surface area contributed by atoms with Gasteiger partial charge in [0.25, 0.3) is 5.91 Å². The minimum Gasteiger partial charge on any atom is -0.374 e. The number of aryl methyl sites for hydroxylation is 1. The molecule has 19 heavy (non-hydrogen) atoms. The van der Waals surface area contributed by atoms with Crippen molar-refractivity contribution >= 4 is 21.8 Å². The third-order valence-electron chi connectivity index (χ3n) is 3.06. The SMILES string of the molecule is CCCn1cc(Br)cc1C(=O)NCC1CNCCO1. The van der Waals surface area contributed by atoms with Crippen molar-refractivity contribution in [2.75, 3.05) is 26.2 Å². The van der Waals surface area contributed by atoms with E-state index in [1.807, 2.05) is 16.8 Å². The van der Waals surface area contributed by atoms with E-state index in [-0.39, 0.29) is 12.0 Å². The number of rotatable bonds is 5. The summed E-state index contributed by atoms with van der Waals surface area (Å²) < 4.78 is 8.46. The Balaban J connectivity index is 1.91. The van der Waals surface area contributed by atoms with Gasteiger partial charge < -0.3 is 19.9 Å². The van der Waals surface area contributed by atoms with Crippen LogP contribution < -0.4 is 10.6 Å². The second-order valence-electron chi connectivity index (χ2n) is 4.64. The topological polar surface area (TPSA) is 55.3 Å². The Bertz CT molecular complexity index is 428. The lowest BCUT2D eigenvalue weighted by Gasteiger charge is -2.23. The van der Waals surface area contributed by atoms with Crippen LogP contribution in [0.5, 0.6) is 0 Å². The third-order valence-corrected chi connectivity index (χ3v) is 3.49. The number of hydrogen-bond acceptors (Lipinski definition) is 3. The molecule has 0 bridgehead atoms. The van der Waals surface area contributed by atoms with E-state index < -0.39 is 0 Å². The lowest BCUT2D eigenvalue weighted by Crippen LogP contribution is -2.45. The van der Waals surface area contributed by atoms with Crippen LogP contribution in [0.1, 0.15) is 23.8 Å². The summed E-state index contributed by atoms with van der Waals surface area (Å²) in [7, 11) is 0. The van der Waals surface area contributed by atoms with Crippen LogP contribution in [-0.2, 0) is 11.3 Å². The lowest BCUT2D eigenvalue weighted by atomic mass is 10.3. The van der Waals surface area contributed by atoms with Crippen LogP contribution in [0.15, 0.2) is 16.7 Å². The molecule has 1 fully saturated rings. The largest absolute Gasteiger partial charge is 0.374 e. The molecular formula is C13H20BrN3O2. The number of hydrogen-bond donors (Lipinski definition) is 2. The van der Waals surface area contributed by atoms with Crippen LogP contribution in [0, 0.1) is 0 Å². The van der Waals surface area contributed by atoms with E-state index in [2.05, 4.69) is 33.5 Å². The van der Waals surface area contributed by atoms with E-state index >= 15 is 0 Å². The number of amides is 1. The molecule has 0 aliphatic carbocycles. The van der Waals surface area contributed by atoms with Crippen molar-refractivity contribution in [3.8, 4) is 0 Å². The summed E-state index contributed by atoms with van der Waals surface area (Å²) in [5, 5.41) is 6.18. The van der Waals surface area contributed by atoms with Gasteiger partial charge in [-0.1, -0.05) is 6.92 Å². The minimum atomic E-state index is -0.0478. The highest BCUT2D eigenvalue weighted by Gasteiger charge is 2.17. The van der Waals surface area contributed by atoms with E-state index in [9.17, 15) is 4.79 Å². The van der Waals surface area contributed by atoms with Crippen LogP contribution in [0.3, 0.4) is 0 Å². The first-order valence-corrected chi connectivity index (χ1v) is 7.46. The molecule has 1 aliphatic heterocycles. The summed E-state index contributed by atoms with van der Waals surface area (Å²) in [5.41, 5.74) is 0.692. The molecule has 2 rings (SSSR count). The Morgan fingerprint density at radius 2 is 2.53 bits per heavy atom. The normalized spacial score (nSPS) is 19.4. The van der Waals surface area contributed by atoms with Gasteiger partial charge in [0, 0.05) is 36.8 Å². The summed E-state index contributed by atoms with van der Waals surface area (Å²) in [5.74, 6) is -0.0478. The van der Waals surface area contributed by atoms with Gasteiger partial charge >= 0.3 is 0 Å². The van der Waals surface area contributed by atoms with Crippen molar-refractivity contribution in [3.05, 3.63) is 22.4 Å². The van der Waals surface area contributed by atoms with Gasteiger partial charge in [0.05, 0.1) is 12.7 Å². The summed E-state index contributed by atoms with van der Waals surface area (Å²) in [6, 6.07) is 1.85. The van der Waals surface area contributed by atoms with Crippen LogP contribution in [0.4, 0.5) is 0 Å². The molecule has 1 unspecified atom stereocenters. The van der Waals surface area contributed by atoms with Gasteiger partial charge in [0.2, 0.25) is 0 Å². The van der Waals surface area contributed by atoms with Gasteiger partial charge in [-0.05, 0) is 28.4 Å². The van der Waals surface area contributed by atoms with Crippen molar-refractivity contribution in [1.29, 1.82) is 0 Å². The van der Waals surface area contributed by atoms with Gasteiger partial charge in [-0.2, -0.15) is 0 Å². The number of aromatic nitrogens is 1. The van der Waals surface area contributed by atoms with E-state index in [0.29, 0.717) is 18.8 Å². The number of nitrogens with one attached hydrogen (secondary N) is 2. The van der Waals surface area contributed by atoms with Crippen LogP contribution in [0.2, 0.25) is 0 Å². The zero-order valence-corrected chi connectivity index (χ0v) is 12.7. The minimum absolute atomic E-state index is 0.0478. The molecular weight excluding hydrogens is 310 g/mol. The highest BCUT2D eigenvalue weighted by atomic mass is 79.9. The van der Waals surface area contributed by atoms with Gasteiger partial charge in [-0.25, -0.2) is 0 Å². The predicted octanol–water partition coefficient (Wildman–Crippen LogP) is 1.38. The first-order valence-electron chi connectivity index (χ1n) is 6.67. The molecule has 0 aromatic carbocycles. The molecule has 1 saturated heterocycles. The average molecular weight is 330 g/mol. The van der Waals surface area contributed by atoms with E-state index in [0.717, 1.165) is 30.5 Å². The molecule has 2 N–H and O–H groups in total. The molecule has 1 atom stereocenters. The molecule has 6 heteroatoms. The second-order valence-corrected chi connectivity index (χ2v) is 5.56. The molecule has 1 aliphatic rings. The number of halogens is 1. The molecule has 106 valence electrons. The van der Waals surface area contributed by atoms with Gasteiger partial charge in [0.15, 0.2) is 0 Å². The van der Waals surface area contributed by atoms with Gasteiger partial charge in [0.1, 0.15) is 5.69 Å². The Kier molecular flexibility index (Phi) is 5.42. The summed E-state index contributed by atoms with van der Waals surface area (Å²) in [6.07, 6.45) is 3.00. The number of carbonyl (C=O) groups is 1. The fourth-order valence-corrected chi connectivity index (χ4v) is 2.60. The maximum Gasteiger partial charge on any atom is 0.268 e. The van der Waals surface area contributed by atoms with Gasteiger partial charge in [-0.3, -0.25) is 4.79 Å². The monoisotopic (exact) mass is 329 g/mol. The van der Waals surface area contributed by atoms with Gasteiger partial charge in [-0.15, -0.1) is 0 Å². The van der Waals surface area contributed by atoms with E-state index in [1.54, 1.807) is 0 Å². The Morgan fingerprint density at radius 3 is 3.21 bits per heavy atom.